The van der Waals surface area contributed by atoms with E-state index in [-0.39, 0.29) is 0 Å². The van der Waals surface area contributed by atoms with Crippen molar-refractivity contribution in [1.82, 2.24) is 4.98 Å². The molecule has 0 unspecified atom stereocenters. The minimum absolute atomic E-state index is 0.317. The molecule has 1 aliphatic rings. The van der Waals surface area contributed by atoms with Gasteiger partial charge >= 0.3 is 0 Å². The molecular formula is C16H15NO2. The number of ether oxygens (including phenoxy) is 2. The van der Waals surface area contributed by atoms with Gasteiger partial charge in [-0.3, -0.25) is 4.98 Å². The van der Waals surface area contributed by atoms with E-state index in [2.05, 4.69) is 24.1 Å². The molecule has 0 atom stereocenters. The van der Waals surface area contributed by atoms with Gasteiger partial charge in [-0.25, -0.2) is 0 Å². The molecule has 0 fully saturated rings. The number of pyridine rings is 1. The minimum atomic E-state index is 0.317. The lowest BCUT2D eigenvalue weighted by atomic mass is 10.1. The molecule has 1 aromatic heterocycles. The van der Waals surface area contributed by atoms with Crippen molar-refractivity contribution in [2.45, 2.75) is 13.3 Å². The van der Waals surface area contributed by atoms with Crippen LogP contribution in [0.5, 0.6) is 11.5 Å². The van der Waals surface area contributed by atoms with Gasteiger partial charge in [0.1, 0.15) is 0 Å². The Morgan fingerprint density at radius 2 is 2.16 bits per heavy atom. The average Bonchev–Trinajstić information content (AvgIpc) is 2.87. The molecule has 0 spiro atoms. The van der Waals surface area contributed by atoms with Crippen molar-refractivity contribution >= 4 is 6.08 Å². The Morgan fingerprint density at radius 1 is 1.26 bits per heavy atom. The van der Waals surface area contributed by atoms with Gasteiger partial charge in [0.25, 0.3) is 0 Å². The van der Waals surface area contributed by atoms with Crippen LogP contribution in [0.25, 0.3) is 6.08 Å². The molecule has 0 amide bonds. The second kappa shape index (κ2) is 5.14. The molecule has 0 bridgehead atoms. The first-order chi connectivity index (χ1) is 9.31. The van der Waals surface area contributed by atoms with Gasteiger partial charge in [0, 0.05) is 12.4 Å². The van der Waals surface area contributed by atoms with E-state index in [0.29, 0.717) is 6.79 Å². The Morgan fingerprint density at radius 3 is 3.00 bits per heavy atom. The number of nitrogens with zero attached hydrogens (tertiary/aromatic N) is 1. The summed E-state index contributed by atoms with van der Waals surface area (Å²) in [7, 11) is 0. The summed E-state index contributed by atoms with van der Waals surface area (Å²) in [5, 5.41) is 0. The molecule has 19 heavy (non-hydrogen) atoms. The predicted octanol–water partition coefficient (Wildman–Crippen LogP) is 3.46. The van der Waals surface area contributed by atoms with E-state index in [1.807, 2.05) is 30.5 Å². The third-order valence-corrected chi connectivity index (χ3v) is 3.02. The van der Waals surface area contributed by atoms with E-state index in [4.69, 9.17) is 9.47 Å². The first kappa shape index (κ1) is 11.8. The summed E-state index contributed by atoms with van der Waals surface area (Å²) in [6.45, 7) is 2.44. The zero-order chi connectivity index (χ0) is 13.1. The normalized spacial score (nSPS) is 13.6. The highest BCUT2D eigenvalue weighted by molar-refractivity contribution is 5.58. The number of hydrogen-bond acceptors (Lipinski definition) is 3. The van der Waals surface area contributed by atoms with Crippen LogP contribution in [-0.4, -0.2) is 11.8 Å². The zero-order valence-corrected chi connectivity index (χ0v) is 10.8. The maximum absolute atomic E-state index is 5.38. The Balaban J connectivity index is 1.77. The average molecular weight is 253 g/mol. The van der Waals surface area contributed by atoms with Gasteiger partial charge < -0.3 is 9.47 Å². The van der Waals surface area contributed by atoms with Crippen LogP contribution in [0.15, 0.2) is 48.3 Å². The quantitative estimate of drug-likeness (QED) is 0.839. The number of benzene rings is 1. The summed E-state index contributed by atoms with van der Waals surface area (Å²) in [6, 6.07) is 10.0. The largest absolute Gasteiger partial charge is 0.454 e. The molecule has 0 radical (unpaired) electrons. The lowest BCUT2D eigenvalue weighted by Crippen LogP contribution is -1.92. The summed E-state index contributed by atoms with van der Waals surface area (Å²) in [5.41, 5.74) is 3.63. The Hall–Kier alpha value is -2.29. The van der Waals surface area contributed by atoms with Crippen molar-refractivity contribution in [2.75, 3.05) is 6.79 Å². The van der Waals surface area contributed by atoms with Crippen LogP contribution in [0, 0.1) is 0 Å². The van der Waals surface area contributed by atoms with Crippen LogP contribution >= 0.6 is 0 Å². The number of hydrogen-bond donors (Lipinski definition) is 0. The van der Waals surface area contributed by atoms with Gasteiger partial charge in [-0.2, -0.15) is 0 Å². The number of fused-ring (bicyclic) bond motifs is 1. The second-order valence-electron chi connectivity index (χ2n) is 4.64. The topological polar surface area (TPSA) is 31.4 Å². The zero-order valence-electron chi connectivity index (χ0n) is 10.8. The molecule has 3 nitrogen and oxygen atoms in total. The van der Waals surface area contributed by atoms with Crippen molar-refractivity contribution in [3.8, 4) is 11.5 Å². The van der Waals surface area contributed by atoms with E-state index < -0.39 is 0 Å². The summed E-state index contributed by atoms with van der Waals surface area (Å²) in [6.07, 6.45) is 6.76. The van der Waals surface area contributed by atoms with Gasteiger partial charge in [-0.15, -0.1) is 0 Å². The lowest BCUT2D eigenvalue weighted by Gasteiger charge is -2.03. The van der Waals surface area contributed by atoms with Gasteiger partial charge in [0.15, 0.2) is 11.5 Å². The van der Waals surface area contributed by atoms with Crippen LogP contribution in [-0.2, 0) is 6.42 Å². The van der Waals surface area contributed by atoms with Crippen LogP contribution < -0.4 is 9.47 Å². The highest BCUT2D eigenvalue weighted by Crippen LogP contribution is 2.33. The van der Waals surface area contributed by atoms with Crippen molar-refractivity contribution < 1.29 is 9.47 Å². The predicted molar refractivity (Wildman–Crippen MR) is 74.2 cm³/mol. The fraction of sp³-hybridized carbons (Fsp3) is 0.188. The maximum atomic E-state index is 5.38. The molecule has 1 aromatic carbocycles. The second-order valence-corrected chi connectivity index (χ2v) is 4.64. The molecule has 2 heterocycles. The third-order valence-electron chi connectivity index (χ3n) is 3.02. The smallest absolute Gasteiger partial charge is 0.231 e. The minimum Gasteiger partial charge on any atom is -0.454 e. The van der Waals surface area contributed by atoms with E-state index in [1.165, 1.54) is 11.1 Å². The van der Waals surface area contributed by atoms with Gasteiger partial charge in [0.2, 0.25) is 6.79 Å². The molecule has 96 valence electrons. The first-order valence-electron chi connectivity index (χ1n) is 6.27. The third kappa shape index (κ3) is 2.76. The SMILES string of the molecule is C/C(=C\c1ccc2c(c1)OCO2)Cc1cccnc1. The van der Waals surface area contributed by atoms with Crippen molar-refractivity contribution in [1.29, 1.82) is 0 Å². The highest BCUT2D eigenvalue weighted by Gasteiger charge is 2.12. The molecule has 0 saturated carbocycles. The number of allylic oxidation sites excluding steroid dienone is 1. The molecule has 0 aliphatic carbocycles. The van der Waals surface area contributed by atoms with Gasteiger partial charge in [-0.05, 0) is 42.7 Å². The molecule has 3 heteroatoms. The van der Waals surface area contributed by atoms with Crippen LogP contribution in [0.4, 0.5) is 0 Å². The highest BCUT2D eigenvalue weighted by atomic mass is 16.7. The van der Waals surface area contributed by atoms with Gasteiger partial charge in [-0.1, -0.05) is 23.8 Å². The Kier molecular flexibility index (Phi) is 3.19. The Labute approximate surface area is 112 Å². The molecule has 1 aliphatic heterocycles. The van der Waals surface area contributed by atoms with Crippen molar-refractivity contribution in [2.24, 2.45) is 0 Å². The monoisotopic (exact) mass is 253 g/mol. The fourth-order valence-corrected chi connectivity index (χ4v) is 2.16. The van der Waals surface area contributed by atoms with Crippen LogP contribution in [0.2, 0.25) is 0 Å². The lowest BCUT2D eigenvalue weighted by molar-refractivity contribution is 0.174. The molecule has 0 N–H and O–H groups in total. The molecule has 3 rings (SSSR count). The van der Waals surface area contributed by atoms with E-state index in [0.717, 1.165) is 23.5 Å². The van der Waals surface area contributed by atoms with Crippen LogP contribution in [0.3, 0.4) is 0 Å². The fourth-order valence-electron chi connectivity index (χ4n) is 2.16. The van der Waals surface area contributed by atoms with Crippen molar-refractivity contribution in [3.63, 3.8) is 0 Å². The van der Waals surface area contributed by atoms with E-state index in [1.54, 1.807) is 6.20 Å². The Bertz CT molecular complexity index is 605. The summed E-state index contributed by atoms with van der Waals surface area (Å²) in [4.78, 5) is 4.13. The van der Waals surface area contributed by atoms with E-state index >= 15 is 0 Å². The maximum Gasteiger partial charge on any atom is 0.231 e. The standard InChI is InChI=1S/C16H15NO2/c1-12(8-14-3-2-6-17-10-14)7-13-4-5-15-16(9-13)19-11-18-15/h2-7,9-10H,8,11H2,1H3/b12-7+. The van der Waals surface area contributed by atoms with Crippen LogP contribution in [0.1, 0.15) is 18.1 Å². The molecule has 0 saturated heterocycles. The summed E-state index contributed by atoms with van der Waals surface area (Å²) in [5.74, 6) is 1.64. The molecule has 2 aromatic rings. The summed E-state index contributed by atoms with van der Waals surface area (Å²) >= 11 is 0. The van der Waals surface area contributed by atoms with E-state index in [9.17, 15) is 0 Å². The first-order valence-corrected chi connectivity index (χ1v) is 6.27. The van der Waals surface area contributed by atoms with Crippen molar-refractivity contribution in [3.05, 3.63) is 59.4 Å². The summed E-state index contributed by atoms with van der Waals surface area (Å²) < 4.78 is 10.7. The molecular weight excluding hydrogens is 238 g/mol. The van der Waals surface area contributed by atoms with Gasteiger partial charge in [0.05, 0.1) is 0 Å². The number of rotatable bonds is 3. The number of aromatic nitrogens is 1.